The number of H-pyrrole nitrogens is 1. The Morgan fingerprint density at radius 3 is 2.43 bits per heavy atom. The molecule has 1 unspecified atom stereocenters. The van der Waals surface area contributed by atoms with Gasteiger partial charge in [0, 0.05) is 75.1 Å². The second kappa shape index (κ2) is 15.1. The summed E-state index contributed by atoms with van der Waals surface area (Å²) >= 11 is 6.43. The number of aromatic nitrogens is 1. The van der Waals surface area contributed by atoms with Crippen LogP contribution in [-0.2, 0) is 16.1 Å². The van der Waals surface area contributed by atoms with Crippen LogP contribution < -0.4 is 19.9 Å². The number of aromatic amines is 1. The number of anilines is 2. The maximum absolute atomic E-state index is 13.1. The highest BCUT2D eigenvalue weighted by Gasteiger charge is 2.39. The molecule has 4 aliphatic rings. The lowest BCUT2D eigenvalue weighted by molar-refractivity contribution is -0.136. The molecule has 8 rings (SSSR count). The molecule has 2 N–H and O–H groups in total. The number of piperidine rings is 2. The molecule has 1 atom stereocenters. The summed E-state index contributed by atoms with van der Waals surface area (Å²) in [6, 6.07) is 20.2. The highest BCUT2D eigenvalue weighted by molar-refractivity contribution is 6.36. The van der Waals surface area contributed by atoms with Gasteiger partial charge in [-0.15, -0.1) is 0 Å². The van der Waals surface area contributed by atoms with E-state index in [-0.39, 0.29) is 24.1 Å². The molecule has 0 radical (unpaired) electrons. The van der Waals surface area contributed by atoms with Crippen LogP contribution >= 0.6 is 11.6 Å². The van der Waals surface area contributed by atoms with Crippen molar-refractivity contribution in [1.82, 2.24) is 20.1 Å². The summed E-state index contributed by atoms with van der Waals surface area (Å²) in [5.41, 5.74) is 6.68. The number of benzene rings is 3. The smallest absolute Gasteiger partial charge is 0.255 e. The number of rotatable bonds is 10. The minimum absolute atomic E-state index is 0.133. The molecule has 11 nitrogen and oxygen atoms in total. The van der Waals surface area contributed by atoms with Gasteiger partial charge < -0.3 is 24.4 Å². The molecule has 53 heavy (non-hydrogen) atoms. The van der Waals surface area contributed by atoms with E-state index >= 15 is 0 Å². The van der Waals surface area contributed by atoms with Crippen molar-refractivity contribution in [3.63, 3.8) is 0 Å². The molecule has 3 saturated heterocycles. The molecule has 5 heterocycles. The van der Waals surface area contributed by atoms with Crippen molar-refractivity contribution in [2.75, 3.05) is 62.2 Å². The van der Waals surface area contributed by atoms with Crippen LogP contribution in [0.15, 0.2) is 60.8 Å². The number of ether oxygens (including phenoxy) is 1. The Morgan fingerprint density at radius 1 is 0.887 bits per heavy atom. The van der Waals surface area contributed by atoms with Gasteiger partial charge in [0.1, 0.15) is 17.9 Å². The predicted molar refractivity (Wildman–Crippen MR) is 205 cm³/mol. The van der Waals surface area contributed by atoms with Gasteiger partial charge in [0.15, 0.2) is 0 Å². The van der Waals surface area contributed by atoms with Gasteiger partial charge in [-0.3, -0.25) is 24.6 Å². The number of fused-ring (bicyclic) bond motifs is 2. The number of hydrogen-bond acceptors (Lipinski definition) is 8. The molecular weight excluding hydrogens is 690 g/mol. The van der Waals surface area contributed by atoms with Crippen LogP contribution in [-0.4, -0.2) is 91.0 Å². The second-order valence-corrected chi connectivity index (χ2v) is 15.0. The fourth-order valence-electron chi connectivity index (χ4n) is 8.45. The van der Waals surface area contributed by atoms with Crippen molar-refractivity contribution in [1.29, 1.82) is 5.26 Å². The first kappa shape index (κ1) is 35.0. The monoisotopic (exact) mass is 733 g/mol. The summed E-state index contributed by atoms with van der Waals surface area (Å²) in [5.74, 6) is 0.634. The Bertz CT molecular complexity index is 2060. The molecule has 3 fully saturated rings. The third-order valence-electron chi connectivity index (χ3n) is 11.5. The molecule has 0 aliphatic carbocycles. The van der Waals surface area contributed by atoms with Gasteiger partial charge in [-0.1, -0.05) is 23.7 Å². The fraction of sp³-hybridized carbons (Fsp3) is 0.415. The number of carbonyl (C=O) groups excluding carboxylic acids is 3. The summed E-state index contributed by atoms with van der Waals surface area (Å²) in [4.78, 5) is 49.2. The highest BCUT2D eigenvalue weighted by Crippen LogP contribution is 2.37. The summed E-state index contributed by atoms with van der Waals surface area (Å²) in [6.07, 6.45) is 6.57. The molecule has 4 aromatic rings. The van der Waals surface area contributed by atoms with Crippen molar-refractivity contribution < 1.29 is 19.1 Å². The first-order valence-electron chi connectivity index (χ1n) is 18.8. The summed E-state index contributed by atoms with van der Waals surface area (Å²) < 4.78 is 6.11. The topological polar surface area (TPSA) is 125 Å². The Hall–Kier alpha value is -5.05. The predicted octanol–water partition coefficient (Wildman–Crippen LogP) is 5.82. The lowest BCUT2D eigenvalue weighted by Gasteiger charge is -2.36. The van der Waals surface area contributed by atoms with E-state index in [2.05, 4.69) is 67.5 Å². The van der Waals surface area contributed by atoms with Gasteiger partial charge in [0.2, 0.25) is 11.8 Å². The molecule has 0 saturated carbocycles. The van der Waals surface area contributed by atoms with Crippen molar-refractivity contribution in [2.45, 2.75) is 57.0 Å². The van der Waals surface area contributed by atoms with Crippen LogP contribution in [0.1, 0.15) is 71.5 Å². The molecule has 0 bridgehead atoms. The van der Waals surface area contributed by atoms with E-state index in [0.717, 1.165) is 105 Å². The van der Waals surface area contributed by atoms with Crippen LogP contribution in [0, 0.1) is 11.3 Å². The van der Waals surface area contributed by atoms with Gasteiger partial charge in [0.05, 0.1) is 28.4 Å². The number of halogens is 1. The third kappa shape index (κ3) is 7.18. The molecule has 274 valence electrons. The Kier molecular flexibility index (Phi) is 9.99. The number of unbranched alkanes of at least 4 members (excludes halogenated alkanes) is 1. The van der Waals surface area contributed by atoms with Crippen molar-refractivity contribution in [3.05, 3.63) is 88.1 Å². The molecule has 0 spiro atoms. The second-order valence-electron chi connectivity index (χ2n) is 14.6. The summed E-state index contributed by atoms with van der Waals surface area (Å²) in [6.45, 7) is 7.84. The Labute approximate surface area is 314 Å². The first-order chi connectivity index (χ1) is 25.9. The zero-order valence-corrected chi connectivity index (χ0v) is 30.5. The molecule has 3 aromatic carbocycles. The minimum atomic E-state index is -0.591. The van der Waals surface area contributed by atoms with Crippen LogP contribution in [0.5, 0.6) is 5.75 Å². The maximum atomic E-state index is 13.1. The average Bonchev–Trinajstić information content (AvgIpc) is 3.77. The quantitative estimate of drug-likeness (QED) is 0.154. The van der Waals surface area contributed by atoms with E-state index in [1.807, 2.05) is 18.2 Å². The molecule has 3 amide bonds. The largest absolute Gasteiger partial charge is 0.494 e. The van der Waals surface area contributed by atoms with Crippen molar-refractivity contribution >= 4 is 51.6 Å². The number of nitriles is 1. The van der Waals surface area contributed by atoms with Crippen LogP contribution in [0.2, 0.25) is 5.02 Å². The lowest BCUT2D eigenvalue weighted by atomic mass is 9.89. The number of hydrogen-bond donors (Lipinski definition) is 2. The highest BCUT2D eigenvalue weighted by atomic mass is 35.5. The lowest BCUT2D eigenvalue weighted by Crippen LogP contribution is -2.52. The van der Waals surface area contributed by atoms with Crippen molar-refractivity contribution in [3.8, 4) is 11.8 Å². The number of imide groups is 1. The van der Waals surface area contributed by atoms with Gasteiger partial charge in [0.25, 0.3) is 5.91 Å². The normalized spacial score (nSPS) is 19.8. The maximum Gasteiger partial charge on any atom is 0.255 e. The van der Waals surface area contributed by atoms with E-state index in [0.29, 0.717) is 41.6 Å². The number of amides is 3. The van der Waals surface area contributed by atoms with E-state index in [9.17, 15) is 19.6 Å². The Morgan fingerprint density at radius 2 is 1.68 bits per heavy atom. The molecule has 12 heteroatoms. The number of carbonyl (C=O) groups is 3. The number of piperazine rings is 1. The fourth-order valence-corrected chi connectivity index (χ4v) is 8.71. The van der Waals surface area contributed by atoms with Gasteiger partial charge in [-0.2, -0.15) is 5.26 Å². The average molecular weight is 734 g/mol. The van der Waals surface area contributed by atoms with Crippen LogP contribution in [0.25, 0.3) is 10.9 Å². The standard InChI is InChI=1S/C41H44ClN7O4/c42-34-9-10-35(39-38(34)30(24-43)25-44-39)48-16-13-28(14-17-48)27-3-6-32(7-4-27)53-22-2-1-15-46-18-20-47(21-19-46)31-5-8-33-29(23-31)26-49(41(33)52)36-11-12-37(50)45-40(36)51/h3-10,23,25,28,36,44H,1-2,11-22,26H2,(H,45,50,51). The third-order valence-corrected chi connectivity index (χ3v) is 11.8. The molecular formula is C41H44ClN7O4. The molecule has 4 aliphatic heterocycles. The van der Waals surface area contributed by atoms with E-state index < -0.39 is 6.04 Å². The molecule has 1 aromatic heterocycles. The van der Waals surface area contributed by atoms with Gasteiger partial charge in [-0.05, 0) is 98.2 Å². The summed E-state index contributed by atoms with van der Waals surface area (Å²) in [5, 5.41) is 13.3. The van der Waals surface area contributed by atoms with E-state index in [1.165, 1.54) is 5.56 Å². The van der Waals surface area contributed by atoms with E-state index in [1.54, 1.807) is 11.1 Å². The first-order valence-corrected chi connectivity index (χ1v) is 19.2. The number of nitrogens with one attached hydrogen (secondary N) is 2. The minimum Gasteiger partial charge on any atom is -0.494 e. The van der Waals surface area contributed by atoms with Gasteiger partial charge in [-0.25, -0.2) is 0 Å². The van der Waals surface area contributed by atoms with Crippen LogP contribution in [0.4, 0.5) is 11.4 Å². The number of nitrogens with zero attached hydrogens (tertiary/aromatic N) is 5. The van der Waals surface area contributed by atoms with Crippen LogP contribution in [0.3, 0.4) is 0 Å². The zero-order valence-electron chi connectivity index (χ0n) is 29.8. The Balaban J connectivity index is 0.741. The summed E-state index contributed by atoms with van der Waals surface area (Å²) in [7, 11) is 0. The van der Waals surface area contributed by atoms with E-state index in [4.69, 9.17) is 16.3 Å². The SMILES string of the molecule is N#Cc1c[nH]c2c(N3CCC(c4ccc(OCCCCN5CCN(c6ccc7c(c6)CN(C6CCC(=O)NC6=O)C7=O)CC5)cc4)CC3)ccc(Cl)c12. The zero-order chi connectivity index (χ0) is 36.5. The van der Waals surface area contributed by atoms with Gasteiger partial charge >= 0.3 is 0 Å². The van der Waals surface area contributed by atoms with Crippen molar-refractivity contribution in [2.24, 2.45) is 0 Å².